The first kappa shape index (κ1) is 18.2. The maximum Gasteiger partial charge on any atom is 0.129 e. The first-order valence-electron chi connectivity index (χ1n) is 8.10. The van der Waals surface area contributed by atoms with Crippen LogP contribution in [0, 0.1) is 0 Å². The van der Waals surface area contributed by atoms with Gasteiger partial charge in [0.25, 0.3) is 0 Å². The van der Waals surface area contributed by atoms with Gasteiger partial charge >= 0.3 is 0 Å². The second-order valence-corrected chi connectivity index (χ2v) is 6.57. The van der Waals surface area contributed by atoms with Gasteiger partial charge in [0.05, 0.1) is 5.02 Å². The number of rotatable bonds is 9. The molecule has 1 aromatic heterocycles. The van der Waals surface area contributed by atoms with Gasteiger partial charge in [0.2, 0.25) is 0 Å². The minimum Gasteiger partial charge on any atom is -0.354 e. The maximum atomic E-state index is 6.27. The minimum atomic E-state index is 0.446. The van der Waals surface area contributed by atoms with Crippen molar-refractivity contribution in [1.29, 1.82) is 0 Å². The zero-order chi connectivity index (χ0) is 15.8. The molecule has 0 fully saturated rings. The molecule has 0 aliphatic carbocycles. The smallest absolute Gasteiger partial charge is 0.129 e. The minimum absolute atomic E-state index is 0.446. The van der Waals surface area contributed by atoms with Gasteiger partial charge in [-0.05, 0) is 31.9 Å². The van der Waals surface area contributed by atoms with Crippen molar-refractivity contribution in [2.24, 2.45) is 0 Å². The summed E-state index contributed by atoms with van der Waals surface area (Å²) in [5.41, 5.74) is 1.12. The molecule has 0 amide bonds. The third-order valence-corrected chi connectivity index (χ3v) is 3.88. The quantitative estimate of drug-likeness (QED) is 0.673. The normalized spacial score (nSPS) is 11.4. The standard InChI is InChI=1S/C17H30ClN3/c1-6-7-8-9-21(14(4)5)17-10-15(11-19-13(2)3)16(18)12-20-17/h10,12-14,19H,6-9,11H2,1-5H3. The number of hydrogen-bond acceptors (Lipinski definition) is 3. The Labute approximate surface area is 135 Å². The first-order valence-corrected chi connectivity index (χ1v) is 8.48. The van der Waals surface area contributed by atoms with Crippen LogP contribution in [0.1, 0.15) is 59.4 Å². The molecule has 4 heteroatoms. The fourth-order valence-corrected chi connectivity index (χ4v) is 2.41. The number of nitrogens with one attached hydrogen (secondary N) is 1. The van der Waals surface area contributed by atoms with Crippen molar-refractivity contribution in [1.82, 2.24) is 10.3 Å². The van der Waals surface area contributed by atoms with Gasteiger partial charge in [0.15, 0.2) is 0 Å². The second kappa shape index (κ2) is 9.26. The average molecular weight is 312 g/mol. The molecule has 1 N–H and O–H groups in total. The highest BCUT2D eigenvalue weighted by Gasteiger charge is 2.13. The summed E-state index contributed by atoms with van der Waals surface area (Å²) >= 11 is 6.27. The SMILES string of the molecule is CCCCCN(c1cc(CNC(C)C)c(Cl)cn1)C(C)C. The molecule has 0 saturated heterocycles. The van der Waals surface area contributed by atoms with Crippen LogP contribution in [0.4, 0.5) is 5.82 Å². The number of hydrogen-bond donors (Lipinski definition) is 1. The van der Waals surface area contributed by atoms with Crippen LogP contribution < -0.4 is 10.2 Å². The summed E-state index contributed by atoms with van der Waals surface area (Å²) in [5.74, 6) is 1.03. The molecule has 1 heterocycles. The van der Waals surface area contributed by atoms with E-state index >= 15 is 0 Å². The Kier molecular flexibility index (Phi) is 8.05. The number of aromatic nitrogens is 1. The van der Waals surface area contributed by atoms with E-state index in [1.54, 1.807) is 6.20 Å². The van der Waals surface area contributed by atoms with Crippen LogP contribution in [-0.2, 0) is 6.54 Å². The van der Waals surface area contributed by atoms with Crippen molar-refractivity contribution in [2.45, 2.75) is 72.5 Å². The van der Waals surface area contributed by atoms with E-state index in [9.17, 15) is 0 Å². The third-order valence-electron chi connectivity index (χ3n) is 3.54. The molecule has 1 aromatic rings. The van der Waals surface area contributed by atoms with Crippen molar-refractivity contribution in [3.63, 3.8) is 0 Å². The predicted molar refractivity (Wildman–Crippen MR) is 93.2 cm³/mol. The second-order valence-electron chi connectivity index (χ2n) is 6.16. The first-order chi connectivity index (χ1) is 9.95. The van der Waals surface area contributed by atoms with Gasteiger partial charge in [-0.25, -0.2) is 4.98 Å². The monoisotopic (exact) mass is 311 g/mol. The van der Waals surface area contributed by atoms with Gasteiger partial charge in [-0.2, -0.15) is 0 Å². The van der Waals surface area contributed by atoms with Gasteiger partial charge in [-0.1, -0.05) is 45.2 Å². The molecule has 0 unspecified atom stereocenters. The molecule has 120 valence electrons. The zero-order valence-corrected chi connectivity index (χ0v) is 14.9. The largest absolute Gasteiger partial charge is 0.354 e. The number of anilines is 1. The van der Waals surface area contributed by atoms with Crippen LogP contribution in [0.3, 0.4) is 0 Å². The lowest BCUT2D eigenvalue weighted by Crippen LogP contribution is -2.32. The van der Waals surface area contributed by atoms with Gasteiger partial charge in [-0.15, -0.1) is 0 Å². The van der Waals surface area contributed by atoms with Gasteiger partial charge < -0.3 is 10.2 Å². The number of nitrogens with zero attached hydrogens (tertiary/aromatic N) is 2. The Morgan fingerprint density at radius 1 is 1.24 bits per heavy atom. The molecule has 0 atom stereocenters. The Morgan fingerprint density at radius 3 is 2.52 bits per heavy atom. The highest BCUT2D eigenvalue weighted by Crippen LogP contribution is 2.22. The number of pyridine rings is 1. The summed E-state index contributed by atoms with van der Waals surface area (Å²) in [7, 11) is 0. The van der Waals surface area contributed by atoms with E-state index in [-0.39, 0.29) is 0 Å². The molecule has 1 rings (SSSR count). The van der Waals surface area contributed by atoms with E-state index in [2.05, 4.69) is 55.9 Å². The number of halogens is 1. The Morgan fingerprint density at radius 2 is 1.95 bits per heavy atom. The van der Waals surface area contributed by atoms with E-state index in [0.29, 0.717) is 12.1 Å². The summed E-state index contributed by atoms with van der Waals surface area (Å²) in [4.78, 5) is 6.90. The fraction of sp³-hybridized carbons (Fsp3) is 0.706. The summed E-state index contributed by atoms with van der Waals surface area (Å²) < 4.78 is 0. The third kappa shape index (κ3) is 6.23. The highest BCUT2D eigenvalue weighted by molar-refractivity contribution is 6.31. The van der Waals surface area contributed by atoms with Gasteiger partial charge in [0, 0.05) is 31.4 Å². The topological polar surface area (TPSA) is 28.2 Å². The number of unbranched alkanes of at least 4 members (excludes halogenated alkanes) is 2. The van der Waals surface area contributed by atoms with Crippen molar-refractivity contribution in [2.75, 3.05) is 11.4 Å². The van der Waals surface area contributed by atoms with Crippen LogP contribution in [0.2, 0.25) is 5.02 Å². The zero-order valence-electron chi connectivity index (χ0n) is 14.1. The van der Waals surface area contributed by atoms with Crippen molar-refractivity contribution >= 4 is 17.4 Å². The van der Waals surface area contributed by atoms with Gasteiger partial charge in [0.1, 0.15) is 5.82 Å². The lowest BCUT2D eigenvalue weighted by molar-refractivity contribution is 0.587. The van der Waals surface area contributed by atoms with Crippen LogP contribution >= 0.6 is 11.6 Å². The Hall–Kier alpha value is -0.800. The summed E-state index contributed by atoms with van der Waals surface area (Å²) in [6.45, 7) is 12.8. The van der Waals surface area contributed by atoms with E-state index in [4.69, 9.17) is 11.6 Å². The lowest BCUT2D eigenvalue weighted by atomic mass is 10.2. The summed E-state index contributed by atoms with van der Waals surface area (Å²) in [5, 5.41) is 4.16. The predicted octanol–water partition coefficient (Wildman–Crippen LogP) is 4.64. The Balaban J connectivity index is 2.85. The molecule has 0 radical (unpaired) electrons. The molecule has 0 bridgehead atoms. The molecule has 0 aliphatic rings. The fourth-order valence-electron chi connectivity index (χ4n) is 2.24. The molecule has 3 nitrogen and oxygen atoms in total. The summed E-state index contributed by atoms with van der Waals surface area (Å²) in [6, 6.07) is 3.02. The maximum absolute atomic E-state index is 6.27. The van der Waals surface area contributed by atoms with E-state index in [1.165, 1.54) is 19.3 Å². The van der Waals surface area contributed by atoms with Crippen LogP contribution in [0.25, 0.3) is 0 Å². The van der Waals surface area contributed by atoms with Gasteiger partial charge in [-0.3, -0.25) is 0 Å². The van der Waals surface area contributed by atoms with E-state index in [1.807, 2.05) is 0 Å². The summed E-state index contributed by atoms with van der Waals surface area (Å²) in [6.07, 6.45) is 5.49. The molecule has 0 saturated carbocycles. The molecular weight excluding hydrogens is 282 g/mol. The van der Waals surface area contributed by atoms with Crippen LogP contribution in [-0.4, -0.2) is 23.6 Å². The van der Waals surface area contributed by atoms with Crippen molar-refractivity contribution < 1.29 is 0 Å². The average Bonchev–Trinajstić information content (AvgIpc) is 2.42. The molecule has 0 aromatic carbocycles. The van der Waals surface area contributed by atoms with Crippen molar-refractivity contribution in [3.05, 3.63) is 22.8 Å². The molecule has 0 aliphatic heterocycles. The van der Waals surface area contributed by atoms with E-state index < -0.39 is 0 Å². The van der Waals surface area contributed by atoms with Crippen molar-refractivity contribution in [3.8, 4) is 0 Å². The van der Waals surface area contributed by atoms with E-state index in [0.717, 1.165) is 29.5 Å². The van der Waals surface area contributed by atoms with Crippen LogP contribution in [0.5, 0.6) is 0 Å². The molecular formula is C17H30ClN3. The molecule has 21 heavy (non-hydrogen) atoms. The lowest BCUT2D eigenvalue weighted by Gasteiger charge is -2.28. The highest BCUT2D eigenvalue weighted by atomic mass is 35.5. The van der Waals surface area contributed by atoms with Crippen LogP contribution in [0.15, 0.2) is 12.3 Å². The molecule has 0 spiro atoms. The Bertz CT molecular complexity index is 418.